The zero-order valence-corrected chi connectivity index (χ0v) is 12.6. The average Bonchev–Trinajstić information content (AvgIpc) is 2.79. The molecule has 4 nitrogen and oxygen atoms in total. The van der Waals surface area contributed by atoms with Crippen LogP contribution in [0.1, 0.15) is 11.3 Å². The molecule has 0 saturated carbocycles. The molecule has 2 aromatic heterocycles. The fraction of sp³-hybridized carbons (Fsp3) is 0.133. The molecule has 0 atom stereocenters. The van der Waals surface area contributed by atoms with Gasteiger partial charge in [-0.05, 0) is 42.8 Å². The van der Waals surface area contributed by atoms with Gasteiger partial charge in [0.2, 0.25) is 5.88 Å². The molecule has 2 N–H and O–H groups in total. The maximum atomic E-state index is 5.94. The van der Waals surface area contributed by atoms with E-state index in [4.69, 9.17) is 10.5 Å². The van der Waals surface area contributed by atoms with Crippen LogP contribution in [0.25, 0.3) is 5.65 Å². The maximum Gasteiger partial charge on any atom is 0.242 e. The lowest BCUT2D eigenvalue weighted by Gasteiger charge is -2.08. The number of ether oxygens (including phenoxy) is 1. The van der Waals surface area contributed by atoms with E-state index in [1.807, 2.05) is 53.9 Å². The molecule has 0 fully saturated rings. The summed E-state index contributed by atoms with van der Waals surface area (Å²) in [6.07, 6.45) is 1.94. The van der Waals surface area contributed by atoms with Crippen LogP contribution in [-0.4, -0.2) is 9.38 Å². The van der Waals surface area contributed by atoms with Gasteiger partial charge in [-0.15, -0.1) is 0 Å². The Balaban J connectivity index is 2.06. The largest absolute Gasteiger partial charge is 0.437 e. The van der Waals surface area contributed by atoms with E-state index in [1.54, 1.807) is 0 Å². The van der Waals surface area contributed by atoms with Gasteiger partial charge >= 0.3 is 0 Å². The highest BCUT2D eigenvalue weighted by Gasteiger charge is 2.13. The first-order valence-corrected chi connectivity index (χ1v) is 7.08. The van der Waals surface area contributed by atoms with Crippen molar-refractivity contribution >= 4 is 21.6 Å². The number of imidazole rings is 1. The van der Waals surface area contributed by atoms with Crippen LogP contribution in [0.4, 0.5) is 0 Å². The van der Waals surface area contributed by atoms with Gasteiger partial charge in [-0.2, -0.15) is 4.98 Å². The Hall–Kier alpha value is -1.85. The molecule has 2 heterocycles. The van der Waals surface area contributed by atoms with Crippen molar-refractivity contribution in [2.24, 2.45) is 5.73 Å². The SMILES string of the molecule is Cc1cc(Br)ccc1Oc1nc2ccccn2c1CN. The quantitative estimate of drug-likeness (QED) is 0.796. The Morgan fingerprint density at radius 1 is 1.30 bits per heavy atom. The third-order valence-corrected chi connectivity index (χ3v) is 3.62. The van der Waals surface area contributed by atoms with Crippen molar-refractivity contribution < 1.29 is 4.74 Å². The summed E-state index contributed by atoms with van der Waals surface area (Å²) in [6.45, 7) is 2.37. The molecular formula is C15H14BrN3O. The number of fused-ring (bicyclic) bond motifs is 1. The maximum absolute atomic E-state index is 5.94. The Bertz CT molecular complexity index is 767. The Morgan fingerprint density at radius 3 is 2.90 bits per heavy atom. The molecule has 0 aliphatic carbocycles. The van der Waals surface area contributed by atoms with Gasteiger partial charge in [-0.3, -0.25) is 4.40 Å². The standard InChI is InChI=1S/C15H14BrN3O/c1-10-8-11(16)5-6-13(10)20-15-12(9-17)19-7-3-2-4-14(19)18-15/h2-8H,9,17H2,1H3. The van der Waals surface area contributed by atoms with Gasteiger partial charge in [0.15, 0.2) is 0 Å². The number of hydrogen-bond acceptors (Lipinski definition) is 3. The smallest absolute Gasteiger partial charge is 0.242 e. The molecule has 0 radical (unpaired) electrons. The van der Waals surface area contributed by atoms with Crippen LogP contribution in [-0.2, 0) is 6.54 Å². The third kappa shape index (κ3) is 2.30. The van der Waals surface area contributed by atoms with Crippen molar-refractivity contribution in [3.63, 3.8) is 0 Å². The molecular weight excluding hydrogens is 318 g/mol. The van der Waals surface area contributed by atoms with Crippen LogP contribution >= 0.6 is 15.9 Å². The highest BCUT2D eigenvalue weighted by Crippen LogP contribution is 2.29. The van der Waals surface area contributed by atoms with Gasteiger partial charge < -0.3 is 10.5 Å². The summed E-state index contributed by atoms with van der Waals surface area (Å²) in [5.74, 6) is 1.34. The van der Waals surface area contributed by atoms with E-state index in [-0.39, 0.29) is 0 Å². The van der Waals surface area contributed by atoms with Crippen LogP contribution in [0.5, 0.6) is 11.6 Å². The number of hydrogen-bond donors (Lipinski definition) is 1. The number of benzene rings is 1. The van der Waals surface area contributed by atoms with Gasteiger partial charge in [-0.1, -0.05) is 22.0 Å². The Morgan fingerprint density at radius 2 is 2.15 bits per heavy atom. The van der Waals surface area contributed by atoms with E-state index in [2.05, 4.69) is 20.9 Å². The molecule has 0 unspecified atom stereocenters. The fourth-order valence-electron chi connectivity index (χ4n) is 2.12. The van der Waals surface area contributed by atoms with Gasteiger partial charge in [0.25, 0.3) is 0 Å². The minimum Gasteiger partial charge on any atom is -0.437 e. The van der Waals surface area contributed by atoms with E-state index in [1.165, 1.54) is 0 Å². The fourth-order valence-corrected chi connectivity index (χ4v) is 2.60. The van der Waals surface area contributed by atoms with Gasteiger partial charge in [0.1, 0.15) is 17.1 Å². The second kappa shape index (κ2) is 5.26. The van der Waals surface area contributed by atoms with Crippen molar-refractivity contribution in [1.29, 1.82) is 0 Å². The van der Waals surface area contributed by atoms with E-state index in [9.17, 15) is 0 Å². The summed E-state index contributed by atoms with van der Waals surface area (Å²) in [6, 6.07) is 11.7. The summed E-state index contributed by atoms with van der Waals surface area (Å²) < 4.78 is 8.91. The molecule has 0 bridgehead atoms. The Labute approximate surface area is 125 Å². The molecule has 5 heteroatoms. The van der Waals surface area contributed by atoms with Gasteiger partial charge in [-0.25, -0.2) is 0 Å². The predicted molar refractivity (Wildman–Crippen MR) is 82.0 cm³/mol. The molecule has 0 spiro atoms. The van der Waals surface area contributed by atoms with Crippen molar-refractivity contribution in [2.75, 3.05) is 0 Å². The first-order chi connectivity index (χ1) is 9.69. The topological polar surface area (TPSA) is 52.5 Å². The second-order valence-corrected chi connectivity index (χ2v) is 5.42. The molecule has 3 aromatic rings. The van der Waals surface area contributed by atoms with E-state index < -0.39 is 0 Å². The van der Waals surface area contributed by atoms with Gasteiger partial charge in [0.05, 0.1) is 0 Å². The first-order valence-electron chi connectivity index (χ1n) is 6.29. The highest BCUT2D eigenvalue weighted by molar-refractivity contribution is 9.10. The van der Waals surface area contributed by atoms with E-state index in [0.717, 1.165) is 27.1 Å². The lowest BCUT2D eigenvalue weighted by atomic mass is 10.2. The van der Waals surface area contributed by atoms with Crippen molar-refractivity contribution in [3.8, 4) is 11.6 Å². The van der Waals surface area contributed by atoms with Crippen molar-refractivity contribution in [3.05, 3.63) is 58.3 Å². The van der Waals surface area contributed by atoms with E-state index >= 15 is 0 Å². The normalized spacial score (nSPS) is 10.9. The van der Waals surface area contributed by atoms with Crippen LogP contribution in [0.15, 0.2) is 47.1 Å². The van der Waals surface area contributed by atoms with Crippen LogP contribution in [0, 0.1) is 6.92 Å². The van der Waals surface area contributed by atoms with Crippen LogP contribution in [0.3, 0.4) is 0 Å². The number of halogens is 1. The number of aromatic nitrogens is 2. The molecule has 102 valence electrons. The summed E-state index contributed by atoms with van der Waals surface area (Å²) in [7, 11) is 0. The lowest BCUT2D eigenvalue weighted by Crippen LogP contribution is -2.02. The van der Waals surface area contributed by atoms with E-state index in [0.29, 0.717) is 12.4 Å². The lowest BCUT2D eigenvalue weighted by molar-refractivity contribution is 0.456. The van der Waals surface area contributed by atoms with Crippen molar-refractivity contribution in [1.82, 2.24) is 9.38 Å². The predicted octanol–water partition coefficient (Wildman–Crippen LogP) is 3.66. The van der Waals surface area contributed by atoms with Crippen LogP contribution in [0.2, 0.25) is 0 Å². The molecule has 0 amide bonds. The number of pyridine rings is 1. The molecule has 0 saturated heterocycles. The first kappa shape index (κ1) is 13.1. The Kier molecular flexibility index (Phi) is 3.46. The summed E-state index contributed by atoms with van der Waals surface area (Å²) >= 11 is 3.44. The number of aryl methyl sites for hydroxylation is 1. The number of rotatable bonds is 3. The third-order valence-electron chi connectivity index (χ3n) is 3.13. The number of nitrogens with zero attached hydrogens (tertiary/aromatic N) is 2. The summed E-state index contributed by atoms with van der Waals surface area (Å²) in [5, 5.41) is 0. The minimum absolute atomic E-state index is 0.371. The molecule has 20 heavy (non-hydrogen) atoms. The molecule has 1 aromatic carbocycles. The highest BCUT2D eigenvalue weighted by atomic mass is 79.9. The molecule has 3 rings (SSSR count). The molecule has 0 aliphatic heterocycles. The zero-order chi connectivity index (χ0) is 14.1. The monoisotopic (exact) mass is 331 g/mol. The minimum atomic E-state index is 0.371. The second-order valence-electron chi connectivity index (χ2n) is 4.51. The van der Waals surface area contributed by atoms with Gasteiger partial charge in [0, 0.05) is 17.2 Å². The zero-order valence-electron chi connectivity index (χ0n) is 11.0. The summed E-state index contributed by atoms with van der Waals surface area (Å²) in [4.78, 5) is 4.49. The molecule has 0 aliphatic rings. The number of nitrogens with two attached hydrogens (primary N) is 1. The average molecular weight is 332 g/mol. The summed E-state index contributed by atoms with van der Waals surface area (Å²) in [5.41, 5.74) is 8.56. The van der Waals surface area contributed by atoms with Crippen molar-refractivity contribution in [2.45, 2.75) is 13.5 Å². The van der Waals surface area contributed by atoms with Crippen LogP contribution < -0.4 is 10.5 Å².